The first-order chi connectivity index (χ1) is 10.8. The highest BCUT2D eigenvalue weighted by Gasteiger charge is 2.25. The van der Waals surface area contributed by atoms with Gasteiger partial charge in [-0.2, -0.15) is 0 Å². The molecule has 0 spiro atoms. The maximum Gasteiger partial charge on any atom is 0.250 e. The smallest absolute Gasteiger partial charge is 0.250 e. The molecule has 1 aliphatic rings. The number of nitrogens with one attached hydrogen (secondary N) is 1. The Kier molecular flexibility index (Phi) is 5.24. The Balaban J connectivity index is 1.83. The summed E-state index contributed by atoms with van der Waals surface area (Å²) in [4.78, 5) is 12.9. The Morgan fingerprint density at radius 1 is 0.818 bits per heavy atom. The minimum absolute atomic E-state index is 0.194. The Bertz CT molecular complexity index is 554. The van der Waals surface area contributed by atoms with Crippen LogP contribution in [-0.4, -0.2) is 11.7 Å². The third-order valence-electron chi connectivity index (χ3n) is 4.16. The largest absolute Gasteiger partial charge is 0.349 e. The van der Waals surface area contributed by atoms with Crippen molar-refractivity contribution in [2.24, 2.45) is 0 Å². The molecule has 3 rings (SSSR count). The summed E-state index contributed by atoms with van der Waals surface area (Å²) in [6.07, 6.45) is 6.02. The lowest BCUT2D eigenvalue weighted by atomic mass is 9.96. The first kappa shape index (κ1) is 15.2. The van der Waals surface area contributed by atoms with Gasteiger partial charge in [-0.1, -0.05) is 79.9 Å². The van der Waals surface area contributed by atoms with Gasteiger partial charge in [0.2, 0.25) is 5.65 Å². The van der Waals surface area contributed by atoms with Crippen molar-refractivity contribution in [2.75, 3.05) is 0 Å². The highest BCUT2D eigenvalue weighted by molar-refractivity contribution is 7.87. The first-order valence-corrected chi connectivity index (χ1v) is 9.39. The highest BCUT2D eigenvalue weighted by atomic mass is 31.1. The van der Waals surface area contributed by atoms with Crippen molar-refractivity contribution in [2.45, 2.75) is 38.1 Å². The number of hydrogen-bond donors (Lipinski definition) is 1. The molecule has 2 aromatic carbocycles. The van der Waals surface area contributed by atoms with Crippen LogP contribution in [0.25, 0.3) is 0 Å². The standard InChI is InChI=1S/C19H22NOP/c21-19(20-16-10-4-1-5-11-16)22(17-12-6-2-7-13-17)18-14-8-3-9-15-18/h2-3,6-9,12-16H,1,4-5,10-11H2,(H,20,21). The summed E-state index contributed by atoms with van der Waals surface area (Å²) >= 11 is 0. The van der Waals surface area contributed by atoms with Crippen LogP contribution >= 0.6 is 7.92 Å². The van der Waals surface area contributed by atoms with E-state index in [1.165, 1.54) is 19.3 Å². The molecule has 2 nitrogen and oxygen atoms in total. The molecule has 0 unspecified atom stereocenters. The van der Waals surface area contributed by atoms with E-state index in [0.29, 0.717) is 6.04 Å². The third-order valence-corrected chi connectivity index (χ3v) is 6.33. The zero-order valence-corrected chi connectivity index (χ0v) is 13.6. The molecular formula is C19H22NOP. The lowest BCUT2D eigenvalue weighted by molar-refractivity contribution is 0.252. The maximum atomic E-state index is 12.9. The van der Waals surface area contributed by atoms with Crippen LogP contribution in [0, 0.1) is 0 Å². The van der Waals surface area contributed by atoms with Crippen molar-refractivity contribution in [3.05, 3.63) is 60.7 Å². The molecule has 0 saturated heterocycles. The van der Waals surface area contributed by atoms with Crippen LogP contribution in [0.2, 0.25) is 0 Å². The molecule has 0 aliphatic heterocycles. The van der Waals surface area contributed by atoms with E-state index in [1.807, 2.05) is 36.4 Å². The fraction of sp³-hybridized carbons (Fsp3) is 0.316. The normalized spacial score (nSPS) is 15.7. The minimum atomic E-state index is -0.987. The van der Waals surface area contributed by atoms with Crippen LogP contribution < -0.4 is 15.9 Å². The summed E-state index contributed by atoms with van der Waals surface area (Å²) in [5.41, 5.74) is 0.194. The molecule has 3 heteroatoms. The van der Waals surface area contributed by atoms with Gasteiger partial charge in [-0.25, -0.2) is 0 Å². The molecular weight excluding hydrogens is 289 g/mol. The van der Waals surface area contributed by atoms with E-state index in [1.54, 1.807) is 0 Å². The maximum absolute atomic E-state index is 12.9. The number of hydrogen-bond acceptors (Lipinski definition) is 1. The quantitative estimate of drug-likeness (QED) is 0.844. The van der Waals surface area contributed by atoms with E-state index in [-0.39, 0.29) is 5.65 Å². The zero-order valence-electron chi connectivity index (χ0n) is 12.7. The molecule has 0 radical (unpaired) electrons. The zero-order chi connectivity index (χ0) is 15.2. The summed E-state index contributed by atoms with van der Waals surface area (Å²) in [7, 11) is -0.987. The second-order valence-corrected chi connectivity index (χ2v) is 7.90. The van der Waals surface area contributed by atoms with Gasteiger partial charge in [-0.15, -0.1) is 0 Å². The predicted octanol–water partition coefficient (Wildman–Crippen LogP) is 4.16. The Labute approximate surface area is 133 Å². The number of carbonyl (C=O) groups is 1. The Morgan fingerprint density at radius 2 is 1.32 bits per heavy atom. The third kappa shape index (κ3) is 3.75. The lowest BCUT2D eigenvalue weighted by Crippen LogP contribution is -2.37. The average molecular weight is 311 g/mol. The Morgan fingerprint density at radius 3 is 1.82 bits per heavy atom. The molecule has 0 bridgehead atoms. The summed E-state index contributed by atoms with van der Waals surface area (Å²) < 4.78 is 0. The van der Waals surface area contributed by atoms with E-state index in [4.69, 9.17) is 0 Å². The molecule has 1 saturated carbocycles. The van der Waals surface area contributed by atoms with Crippen LogP contribution in [0.1, 0.15) is 32.1 Å². The van der Waals surface area contributed by atoms with Crippen molar-refractivity contribution in [3.8, 4) is 0 Å². The molecule has 1 fully saturated rings. The van der Waals surface area contributed by atoms with Gasteiger partial charge < -0.3 is 5.32 Å². The fourth-order valence-electron chi connectivity index (χ4n) is 3.02. The SMILES string of the molecule is O=C(NC1CCCCC1)P(c1ccccc1)c1ccccc1. The Hall–Kier alpha value is -1.66. The first-order valence-electron chi connectivity index (χ1n) is 8.05. The number of carbonyl (C=O) groups excluding carboxylic acids is 1. The van der Waals surface area contributed by atoms with Gasteiger partial charge in [-0.3, -0.25) is 4.79 Å². The topological polar surface area (TPSA) is 29.1 Å². The second kappa shape index (κ2) is 7.56. The van der Waals surface area contributed by atoms with E-state index in [2.05, 4.69) is 29.6 Å². The summed E-state index contributed by atoms with van der Waals surface area (Å²) in [6.45, 7) is 0. The molecule has 1 N–H and O–H groups in total. The molecule has 0 atom stereocenters. The van der Waals surface area contributed by atoms with Gasteiger partial charge in [0.25, 0.3) is 0 Å². The van der Waals surface area contributed by atoms with Crippen molar-refractivity contribution < 1.29 is 4.79 Å². The van der Waals surface area contributed by atoms with Crippen LogP contribution in [0.5, 0.6) is 0 Å². The predicted molar refractivity (Wildman–Crippen MR) is 94.5 cm³/mol. The van der Waals surface area contributed by atoms with E-state index in [9.17, 15) is 4.79 Å². The molecule has 114 valence electrons. The van der Waals surface area contributed by atoms with E-state index >= 15 is 0 Å². The van der Waals surface area contributed by atoms with Crippen LogP contribution in [0.3, 0.4) is 0 Å². The van der Waals surface area contributed by atoms with Crippen molar-refractivity contribution in [3.63, 3.8) is 0 Å². The second-order valence-electron chi connectivity index (χ2n) is 5.79. The molecule has 1 amide bonds. The van der Waals surface area contributed by atoms with E-state index < -0.39 is 7.92 Å². The monoisotopic (exact) mass is 311 g/mol. The highest BCUT2D eigenvalue weighted by Crippen LogP contribution is 2.35. The lowest BCUT2D eigenvalue weighted by Gasteiger charge is -2.26. The van der Waals surface area contributed by atoms with E-state index in [0.717, 1.165) is 23.5 Å². The molecule has 22 heavy (non-hydrogen) atoms. The van der Waals surface area contributed by atoms with Crippen molar-refractivity contribution >= 4 is 24.2 Å². The molecule has 0 aromatic heterocycles. The fourth-order valence-corrected chi connectivity index (χ4v) is 5.04. The van der Waals surface area contributed by atoms with Crippen LogP contribution in [0.15, 0.2) is 60.7 Å². The summed E-state index contributed by atoms with van der Waals surface area (Å²) in [6, 6.07) is 20.7. The number of amides is 1. The molecule has 0 heterocycles. The number of rotatable bonds is 4. The van der Waals surface area contributed by atoms with Crippen molar-refractivity contribution in [1.82, 2.24) is 5.32 Å². The van der Waals surface area contributed by atoms with Crippen LogP contribution in [-0.2, 0) is 0 Å². The van der Waals surface area contributed by atoms with Crippen molar-refractivity contribution in [1.29, 1.82) is 0 Å². The molecule has 2 aromatic rings. The van der Waals surface area contributed by atoms with Gasteiger partial charge >= 0.3 is 0 Å². The summed E-state index contributed by atoms with van der Waals surface area (Å²) in [5.74, 6) is 0. The van der Waals surface area contributed by atoms with Gasteiger partial charge in [-0.05, 0) is 23.5 Å². The van der Waals surface area contributed by atoms with Gasteiger partial charge in [0, 0.05) is 6.04 Å². The van der Waals surface area contributed by atoms with Crippen LogP contribution in [0.4, 0.5) is 4.79 Å². The summed E-state index contributed by atoms with van der Waals surface area (Å²) in [5, 5.41) is 5.55. The van der Waals surface area contributed by atoms with Gasteiger partial charge in [0.05, 0.1) is 7.92 Å². The molecule has 1 aliphatic carbocycles. The number of benzene rings is 2. The van der Waals surface area contributed by atoms with Gasteiger partial charge in [0.1, 0.15) is 0 Å². The minimum Gasteiger partial charge on any atom is -0.349 e. The average Bonchev–Trinajstić information content (AvgIpc) is 2.58. The van der Waals surface area contributed by atoms with Gasteiger partial charge in [0.15, 0.2) is 0 Å².